The van der Waals surface area contributed by atoms with Gasteiger partial charge in [-0.05, 0) is 60.2 Å². The quantitative estimate of drug-likeness (QED) is 0.227. The Hall–Kier alpha value is -6.10. The molecule has 8 rings (SSSR count). The molecule has 2 heterocycles. The van der Waals surface area contributed by atoms with Crippen LogP contribution in [0.4, 0.5) is 0 Å². The molecule has 0 spiro atoms. The molecule has 0 atom stereocenters. The molecule has 6 aromatic carbocycles. The summed E-state index contributed by atoms with van der Waals surface area (Å²) in [5.41, 5.74) is 9.08. The van der Waals surface area contributed by atoms with E-state index in [1.165, 1.54) is 10.8 Å². The van der Waals surface area contributed by atoms with E-state index >= 15 is 0 Å². The maximum Gasteiger partial charge on any atom is 0.101 e. The van der Waals surface area contributed by atoms with Gasteiger partial charge in [-0.25, -0.2) is 0 Å². The Balaban J connectivity index is 1.45. The van der Waals surface area contributed by atoms with Crippen molar-refractivity contribution < 1.29 is 0 Å². The van der Waals surface area contributed by atoms with E-state index in [0.29, 0.717) is 11.1 Å². The van der Waals surface area contributed by atoms with Gasteiger partial charge in [0.2, 0.25) is 0 Å². The van der Waals surface area contributed by atoms with Crippen molar-refractivity contribution in [2.45, 2.75) is 0 Å². The number of aromatic nitrogens is 2. The van der Waals surface area contributed by atoms with Crippen LogP contribution in [0.3, 0.4) is 0 Å². The van der Waals surface area contributed by atoms with E-state index in [-0.39, 0.29) is 0 Å². The van der Waals surface area contributed by atoms with E-state index < -0.39 is 0 Å². The van der Waals surface area contributed by atoms with Gasteiger partial charge in [0.05, 0.1) is 50.6 Å². The van der Waals surface area contributed by atoms with Crippen LogP contribution in [0.1, 0.15) is 11.1 Å². The molecule has 0 bridgehead atoms. The van der Waals surface area contributed by atoms with Crippen molar-refractivity contribution in [2.24, 2.45) is 0 Å². The van der Waals surface area contributed by atoms with Gasteiger partial charge >= 0.3 is 0 Å². The number of nitrogens with zero attached hydrogens (tertiary/aromatic N) is 4. The monoisotopic (exact) mass is 534 g/mol. The van der Waals surface area contributed by atoms with Gasteiger partial charge in [-0.3, -0.25) is 0 Å². The third kappa shape index (κ3) is 3.40. The Bertz CT molecular complexity index is 2340. The van der Waals surface area contributed by atoms with E-state index in [4.69, 9.17) is 0 Å². The minimum atomic E-state index is 0.581. The van der Waals surface area contributed by atoms with Crippen LogP contribution in [0.2, 0.25) is 0 Å². The summed E-state index contributed by atoms with van der Waals surface area (Å²) in [7, 11) is 0. The van der Waals surface area contributed by atoms with Crippen LogP contribution in [0.5, 0.6) is 0 Å². The fourth-order valence-corrected chi connectivity index (χ4v) is 6.37. The fraction of sp³-hybridized carbons (Fsp3) is 0. The number of hydrogen-bond acceptors (Lipinski definition) is 2. The summed E-state index contributed by atoms with van der Waals surface area (Å²) in [6, 6.07) is 50.0. The van der Waals surface area contributed by atoms with Crippen LogP contribution in [0, 0.1) is 22.7 Å². The van der Waals surface area contributed by atoms with Gasteiger partial charge < -0.3 is 9.13 Å². The molecule has 0 saturated carbocycles. The second-order valence-corrected chi connectivity index (χ2v) is 10.4. The van der Waals surface area contributed by atoms with Crippen molar-refractivity contribution in [2.75, 3.05) is 0 Å². The number of rotatable bonds is 3. The van der Waals surface area contributed by atoms with Crippen molar-refractivity contribution in [3.8, 4) is 34.6 Å². The van der Waals surface area contributed by atoms with Crippen molar-refractivity contribution >= 4 is 43.6 Å². The number of nitriles is 2. The summed E-state index contributed by atoms with van der Waals surface area (Å²) in [5, 5.41) is 24.8. The molecule has 0 fully saturated rings. The zero-order chi connectivity index (χ0) is 28.2. The van der Waals surface area contributed by atoms with E-state index in [2.05, 4.69) is 100 Å². The molecule has 0 saturated heterocycles. The predicted octanol–water partition coefficient (Wildman–Crippen LogP) is 9.29. The summed E-state index contributed by atoms with van der Waals surface area (Å²) in [6.45, 7) is 0. The smallest absolute Gasteiger partial charge is 0.101 e. The molecule has 194 valence electrons. The highest BCUT2D eigenvalue weighted by atomic mass is 15.0. The largest absolute Gasteiger partial charge is 0.309 e. The minimum absolute atomic E-state index is 0.581. The number of benzene rings is 6. The van der Waals surface area contributed by atoms with E-state index in [1.54, 1.807) is 0 Å². The lowest BCUT2D eigenvalue weighted by Gasteiger charge is -2.17. The van der Waals surface area contributed by atoms with Gasteiger partial charge in [0.25, 0.3) is 0 Å². The Morgan fingerprint density at radius 2 is 0.905 bits per heavy atom. The average molecular weight is 535 g/mol. The normalized spacial score (nSPS) is 11.3. The third-order valence-corrected chi connectivity index (χ3v) is 8.20. The topological polar surface area (TPSA) is 57.4 Å². The molecule has 0 aliphatic carbocycles. The Morgan fingerprint density at radius 3 is 1.38 bits per heavy atom. The maximum absolute atomic E-state index is 10.2. The van der Waals surface area contributed by atoms with Crippen molar-refractivity contribution in [1.29, 1.82) is 10.5 Å². The molecule has 0 amide bonds. The Morgan fingerprint density at radius 1 is 0.429 bits per heavy atom. The standard InChI is InChI=1S/C38H22N4/c39-23-25-17-20-37(41-33-13-5-1-9-28(33)29-10-2-6-14-34(29)41)32(21-25)26-18-19-27(24-40)38(22-26)42-35-15-7-3-11-30(35)31-12-4-8-16-36(31)42/h1-22H. The predicted molar refractivity (Wildman–Crippen MR) is 170 cm³/mol. The first-order valence-electron chi connectivity index (χ1n) is 13.8. The molecule has 0 N–H and O–H groups in total. The number of para-hydroxylation sites is 4. The summed E-state index contributed by atoms with van der Waals surface area (Å²) in [6.07, 6.45) is 0. The van der Waals surface area contributed by atoms with E-state index in [1.807, 2.05) is 54.6 Å². The zero-order valence-electron chi connectivity index (χ0n) is 22.5. The first-order valence-corrected chi connectivity index (χ1v) is 13.8. The minimum Gasteiger partial charge on any atom is -0.309 e. The van der Waals surface area contributed by atoms with Crippen LogP contribution in [0.25, 0.3) is 66.1 Å². The molecular formula is C38H22N4. The summed E-state index contributed by atoms with van der Waals surface area (Å²) < 4.78 is 4.46. The van der Waals surface area contributed by atoms with Crippen LogP contribution in [0.15, 0.2) is 133 Å². The van der Waals surface area contributed by atoms with Gasteiger partial charge in [-0.1, -0.05) is 78.9 Å². The number of hydrogen-bond donors (Lipinski definition) is 0. The lowest BCUT2D eigenvalue weighted by Crippen LogP contribution is -2.01. The molecule has 0 unspecified atom stereocenters. The third-order valence-electron chi connectivity index (χ3n) is 8.20. The molecule has 0 aliphatic heterocycles. The Labute approximate surface area is 242 Å². The van der Waals surface area contributed by atoms with Gasteiger partial charge in [-0.2, -0.15) is 10.5 Å². The highest BCUT2D eigenvalue weighted by Gasteiger charge is 2.19. The van der Waals surface area contributed by atoms with Gasteiger partial charge in [-0.15, -0.1) is 0 Å². The van der Waals surface area contributed by atoms with Gasteiger partial charge in [0, 0.05) is 27.1 Å². The number of fused-ring (bicyclic) bond motifs is 6. The molecule has 4 heteroatoms. The first kappa shape index (κ1) is 23.8. The second kappa shape index (κ2) is 9.24. The molecular weight excluding hydrogens is 512 g/mol. The van der Waals surface area contributed by atoms with Crippen LogP contribution >= 0.6 is 0 Å². The van der Waals surface area contributed by atoms with Gasteiger partial charge in [0.15, 0.2) is 0 Å². The van der Waals surface area contributed by atoms with Crippen LogP contribution in [-0.2, 0) is 0 Å². The SMILES string of the molecule is N#Cc1ccc(-n2c3ccccc3c3ccccc32)c(-c2ccc(C#N)c(-n3c4ccccc4c4ccccc43)c2)c1. The summed E-state index contributed by atoms with van der Waals surface area (Å²) in [4.78, 5) is 0. The molecule has 4 nitrogen and oxygen atoms in total. The van der Waals surface area contributed by atoms with E-state index in [9.17, 15) is 10.5 Å². The Kier molecular flexibility index (Phi) is 5.22. The summed E-state index contributed by atoms with van der Waals surface area (Å²) >= 11 is 0. The zero-order valence-corrected chi connectivity index (χ0v) is 22.5. The molecule has 8 aromatic rings. The molecule has 42 heavy (non-hydrogen) atoms. The average Bonchev–Trinajstić information content (AvgIpc) is 3.57. The van der Waals surface area contributed by atoms with Crippen LogP contribution in [-0.4, -0.2) is 9.13 Å². The lowest BCUT2D eigenvalue weighted by molar-refractivity contribution is 1.16. The lowest BCUT2D eigenvalue weighted by atomic mass is 9.98. The van der Waals surface area contributed by atoms with Crippen LogP contribution < -0.4 is 0 Å². The van der Waals surface area contributed by atoms with Crippen molar-refractivity contribution in [3.63, 3.8) is 0 Å². The van der Waals surface area contributed by atoms with E-state index in [0.717, 1.165) is 55.3 Å². The second-order valence-electron chi connectivity index (χ2n) is 10.4. The molecule has 0 radical (unpaired) electrons. The van der Waals surface area contributed by atoms with Crippen molar-refractivity contribution in [3.05, 3.63) is 145 Å². The first-order chi connectivity index (χ1) is 20.8. The highest BCUT2D eigenvalue weighted by molar-refractivity contribution is 6.10. The maximum atomic E-state index is 10.2. The fourth-order valence-electron chi connectivity index (χ4n) is 6.37. The summed E-state index contributed by atoms with van der Waals surface area (Å²) in [5.74, 6) is 0. The molecule has 2 aromatic heterocycles. The van der Waals surface area contributed by atoms with Gasteiger partial charge in [0.1, 0.15) is 6.07 Å². The highest BCUT2D eigenvalue weighted by Crippen LogP contribution is 2.39. The molecule has 0 aliphatic rings. The van der Waals surface area contributed by atoms with Crippen molar-refractivity contribution in [1.82, 2.24) is 9.13 Å².